The first kappa shape index (κ1) is 37.8. The molecule has 0 heterocycles. The Morgan fingerprint density at radius 1 is 0.286 bits per heavy atom. The molecule has 0 saturated heterocycles. The number of aryl methyl sites for hydroxylation is 8. The van der Waals surface area contributed by atoms with Gasteiger partial charge in [-0.25, -0.2) is 9.59 Å². The molecule has 4 heteroatoms. The van der Waals surface area contributed by atoms with Gasteiger partial charge in [-0.15, -0.1) is 0 Å². The molecule has 0 aliphatic rings. The van der Waals surface area contributed by atoms with E-state index in [-0.39, 0.29) is 11.1 Å². The lowest BCUT2D eigenvalue weighted by molar-refractivity contribution is 0.0686. The Bertz CT molecular complexity index is 2490. The molecular formula is C52H46O4. The molecule has 7 rings (SSSR count). The largest absolute Gasteiger partial charge is 0.478 e. The average molecular weight is 735 g/mol. The maximum Gasteiger partial charge on any atom is 0.335 e. The number of hydrogen-bond acceptors (Lipinski definition) is 2. The maximum absolute atomic E-state index is 11.4. The molecule has 0 atom stereocenters. The highest BCUT2D eigenvalue weighted by Crippen LogP contribution is 2.39. The van der Waals surface area contributed by atoms with Crippen molar-refractivity contribution in [1.29, 1.82) is 0 Å². The number of rotatable bonds is 8. The van der Waals surface area contributed by atoms with Gasteiger partial charge in [0.1, 0.15) is 0 Å². The summed E-state index contributed by atoms with van der Waals surface area (Å²) < 4.78 is 0. The average Bonchev–Trinajstić information content (AvgIpc) is 3.18. The summed E-state index contributed by atoms with van der Waals surface area (Å²) >= 11 is 0. The fourth-order valence-corrected chi connectivity index (χ4v) is 8.08. The molecule has 56 heavy (non-hydrogen) atoms. The highest BCUT2D eigenvalue weighted by molar-refractivity contribution is 5.90. The molecule has 0 aliphatic carbocycles. The zero-order valence-corrected chi connectivity index (χ0v) is 33.3. The van der Waals surface area contributed by atoms with Crippen molar-refractivity contribution < 1.29 is 19.8 Å². The summed E-state index contributed by atoms with van der Waals surface area (Å²) in [7, 11) is 0. The predicted octanol–water partition coefficient (Wildman–Crippen LogP) is 13.6. The van der Waals surface area contributed by atoms with Crippen LogP contribution in [0.3, 0.4) is 0 Å². The molecule has 4 nitrogen and oxygen atoms in total. The Hall–Kier alpha value is -6.52. The van der Waals surface area contributed by atoms with Gasteiger partial charge < -0.3 is 10.2 Å². The molecule has 0 unspecified atom stereocenters. The molecule has 7 aromatic rings. The molecule has 278 valence electrons. The molecule has 2 N–H and O–H groups in total. The zero-order valence-electron chi connectivity index (χ0n) is 33.3. The summed E-state index contributed by atoms with van der Waals surface area (Å²) in [6.45, 7) is 17.3. The number of aromatic carboxylic acids is 2. The van der Waals surface area contributed by atoms with Gasteiger partial charge in [0, 0.05) is 0 Å². The minimum Gasteiger partial charge on any atom is -0.478 e. The molecule has 0 aromatic heterocycles. The van der Waals surface area contributed by atoms with Gasteiger partial charge in [0.25, 0.3) is 0 Å². The first-order chi connectivity index (χ1) is 26.7. The Kier molecular flexibility index (Phi) is 10.1. The Morgan fingerprint density at radius 2 is 0.446 bits per heavy atom. The second-order valence-corrected chi connectivity index (χ2v) is 15.3. The lowest BCUT2D eigenvalue weighted by Gasteiger charge is -2.18. The lowest BCUT2D eigenvalue weighted by atomic mass is 9.86. The van der Waals surface area contributed by atoms with E-state index in [2.05, 4.69) is 128 Å². The van der Waals surface area contributed by atoms with Gasteiger partial charge in [0.2, 0.25) is 0 Å². The second-order valence-electron chi connectivity index (χ2n) is 15.3. The van der Waals surface area contributed by atoms with Crippen molar-refractivity contribution in [3.63, 3.8) is 0 Å². The lowest BCUT2D eigenvalue weighted by Crippen LogP contribution is -1.97. The van der Waals surface area contributed by atoms with Gasteiger partial charge in [-0.2, -0.15) is 0 Å². The Morgan fingerprint density at radius 3 is 0.643 bits per heavy atom. The SMILES string of the molecule is Cc1cc(-c2cc(C)c(-c3ccc(-c4cc(C)c(-c5cc(C)c(-c6ccc(C(=O)O)cc6)cc5C)cc4C)cc3)cc2C)c(C)cc1-c1ccc(C(=O)O)cc1. The van der Waals surface area contributed by atoms with Crippen LogP contribution in [0.15, 0.2) is 121 Å². The molecular weight excluding hydrogens is 689 g/mol. The number of carboxylic acid groups (broad SMARTS) is 2. The third kappa shape index (κ3) is 7.19. The molecule has 0 saturated carbocycles. The quantitative estimate of drug-likeness (QED) is 0.163. The molecule has 0 spiro atoms. The zero-order chi connectivity index (χ0) is 40.0. The minimum absolute atomic E-state index is 0.287. The van der Waals surface area contributed by atoms with Crippen LogP contribution in [0.25, 0.3) is 66.8 Å². The summed E-state index contributed by atoms with van der Waals surface area (Å²) in [5.41, 5.74) is 24.0. The molecule has 0 aliphatic heterocycles. The standard InChI is InChI=1S/C52H46O4/c1-29-25-47(49-27-31(3)45(23-35(49)7)39-13-17-41(18-14-39)51(53)54)33(5)21-43(29)37-9-11-38(12-10-37)44-22-34(6)48(26-30(44)2)50-28-32(4)46(24-36(50)8)40-15-19-42(20-16-40)52(55)56/h9-28H,1-8H3,(H,53,54)(H,55,56). The van der Waals surface area contributed by atoms with E-state index in [1.165, 1.54) is 77.9 Å². The van der Waals surface area contributed by atoms with Crippen LogP contribution in [0.1, 0.15) is 65.2 Å². The number of carboxylic acids is 2. The predicted molar refractivity (Wildman–Crippen MR) is 231 cm³/mol. The van der Waals surface area contributed by atoms with Gasteiger partial charge in [0.15, 0.2) is 0 Å². The van der Waals surface area contributed by atoms with E-state index in [0.29, 0.717) is 0 Å². The first-order valence-electron chi connectivity index (χ1n) is 18.9. The van der Waals surface area contributed by atoms with Crippen molar-refractivity contribution in [3.8, 4) is 66.8 Å². The third-order valence-electron chi connectivity index (χ3n) is 11.3. The minimum atomic E-state index is -0.919. The van der Waals surface area contributed by atoms with Crippen LogP contribution in [0.4, 0.5) is 0 Å². The third-order valence-corrected chi connectivity index (χ3v) is 11.3. The summed E-state index contributed by atoms with van der Waals surface area (Å²) in [6, 6.07) is 41.3. The first-order valence-corrected chi connectivity index (χ1v) is 18.9. The van der Waals surface area contributed by atoms with E-state index in [4.69, 9.17) is 0 Å². The van der Waals surface area contributed by atoms with Gasteiger partial charge in [-0.1, -0.05) is 97.1 Å². The van der Waals surface area contributed by atoms with Crippen LogP contribution >= 0.6 is 0 Å². The van der Waals surface area contributed by atoms with Gasteiger partial charge in [-0.3, -0.25) is 0 Å². The van der Waals surface area contributed by atoms with Crippen LogP contribution in [0, 0.1) is 55.4 Å². The van der Waals surface area contributed by atoms with Crippen LogP contribution in [0.2, 0.25) is 0 Å². The highest BCUT2D eigenvalue weighted by Gasteiger charge is 2.16. The maximum atomic E-state index is 11.4. The summed E-state index contributed by atoms with van der Waals surface area (Å²) in [5.74, 6) is -1.84. The fourth-order valence-electron chi connectivity index (χ4n) is 8.08. The Balaban J connectivity index is 1.14. The fraction of sp³-hybridized carbons (Fsp3) is 0.154. The monoisotopic (exact) mass is 734 g/mol. The number of hydrogen-bond donors (Lipinski definition) is 2. The van der Waals surface area contributed by atoms with Crippen LogP contribution < -0.4 is 0 Å². The van der Waals surface area contributed by atoms with Crippen LogP contribution in [-0.4, -0.2) is 22.2 Å². The second kappa shape index (κ2) is 15.0. The van der Waals surface area contributed by atoms with Crippen molar-refractivity contribution >= 4 is 11.9 Å². The van der Waals surface area contributed by atoms with E-state index in [0.717, 1.165) is 33.4 Å². The van der Waals surface area contributed by atoms with Crippen LogP contribution in [-0.2, 0) is 0 Å². The van der Waals surface area contributed by atoms with Gasteiger partial charge >= 0.3 is 11.9 Å². The number of benzene rings is 7. The summed E-state index contributed by atoms with van der Waals surface area (Å²) in [6.07, 6.45) is 0. The highest BCUT2D eigenvalue weighted by atomic mass is 16.4. The van der Waals surface area contributed by atoms with E-state index in [1.54, 1.807) is 24.3 Å². The normalized spacial score (nSPS) is 11.1. The molecule has 0 radical (unpaired) electrons. The Labute approximate surface area is 329 Å². The molecule has 0 bridgehead atoms. The van der Waals surface area contributed by atoms with Gasteiger partial charge in [0.05, 0.1) is 11.1 Å². The summed E-state index contributed by atoms with van der Waals surface area (Å²) in [5, 5.41) is 18.6. The molecule has 0 fully saturated rings. The van der Waals surface area contributed by atoms with Crippen molar-refractivity contribution in [3.05, 3.63) is 177 Å². The van der Waals surface area contributed by atoms with Gasteiger partial charge in [-0.05, 0) is 191 Å². The molecule has 0 amide bonds. The summed E-state index contributed by atoms with van der Waals surface area (Å²) in [4.78, 5) is 22.7. The van der Waals surface area contributed by atoms with Crippen molar-refractivity contribution in [1.82, 2.24) is 0 Å². The smallest absolute Gasteiger partial charge is 0.335 e. The molecule has 7 aromatic carbocycles. The van der Waals surface area contributed by atoms with Crippen molar-refractivity contribution in [2.45, 2.75) is 55.4 Å². The van der Waals surface area contributed by atoms with Crippen LogP contribution in [0.5, 0.6) is 0 Å². The van der Waals surface area contributed by atoms with E-state index in [9.17, 15) is 19.8 Å². The topological polar surface area (TPSA) is 74.6 Å². The van der Waals surface area contributed by atoms with Crippen molar-refractivity contribution in [2.24, 2.45) is 0 Å². The van der Waals surface area contributed by atoms with E-state index < -0.39 is 11.9 Å². The van der Waals surface area contributed by atoms with E-state index >= 15 is 0 Å². The van der Waals surface area contributed by atoms with Crippen molar-refractivity contribution in [2.75, 3.05) is 0 Å². The van der Waals surface area contributed by atoms with E-state index in [1.807, 2.05) is 24.3 Å². The number of carbonyl (C=O) groups is 2.